The molecule has 0 fully saturated rings. The molecule has 6 nitrogen and oxygen atoms in total. The van der Waals surface area contributed by atoms with Crippen molar-refractivity contribution in [1.82, 2.24) is 9.71 Å². The monoisotopic (exact) mass is 452 g/mol. The highest BCUT2D eigenvalue weighted by Crippen LogP contribution is 2.29. The summed E-state index contributed by atoms with van der Waals surface area (Å²) in [4.78, 5) is 4.00. The van der Waals surface area contributed by atoms with Gasteiger partial charge in [0.1, 0.15) is 16.4 Å². The van der Waals surface area contributed by atoms with Crippen LogP contribution in [-0.2, 0) is 16.6 Å². The Bertz CT molecular complexity index is 1070. The molecule has 0 aliphatic heterocycles. The van der Waals surface area contributed by atoms with Gasteiger partial charge in [0, 0.05) is 18.8 Å². The summed E-state index contributed by atoms with van der Waals surface area (Å²) in [7, 11) is -3.89. The fourth-order valence-corrected chi connectivity index (χ4v) is 4.65. The average molecular weight is 453 g/mol. The third kappa shape index (κ3) is 5.61. The van der Waals surface area contributed by atoms with Gasteiger partial charge in [-0.25, -0.2) is 18.1 Å². The normalized spacial score (nSPS) is 11.3. The molecule has 9 heteroatoms. The molecule has 1 heterocycles. The van der Waals surface area contributed by atoms with E-state index in [4.69, 9.17) is 32.7 Å². The molecule has 152 valence electrons. The van der Waals surface area contributed by atoms with Crippen LogP contribution in [0.1, 0.15) is 12.5 Å². The van der Waals surface area contributed by atoms with E-state index in [1.807, 2.05) is 6.92 Å². The van der Waals surface area contributed by atoms with Gasteiger partial charge in [0.05, 0.1) is 16.7 Å². The van der Waals surface area contributed by atoms with Crippen LogP contribution in [0.3, 0.4) is 0 Å². The smallest absolute Gasteiger partial charge is 0.243 e. The summed E-state index contributed by atoms with van der Waals surface area (Å²) in [5.74, 6) is 1.66. The van der Waals surface area contributed by atoms with Crippen LogP contribution in [0.4, 0.5) is 0 Å². The Morgan fingerprint density at radius 3 is 2.31 bits per heavy atom. The Morgan fingerprint density at radius 2 is 1.66 bits per heavy atom. The number of rotatable bonds is 8. The Kier molecular flexibility index (Phi) is 6.97. The zero-order chi connectivity index (χ0) is 20.9. The fraction of sp³-hybridized carbons (Fsp3) is 0.150. The average Bonchev–Trinajstić information content (AvgIpc) is 2.68. The predicted octanol–water partition coefficient (Wildman–Crippen LogP) is 5.06. The molecule has 0 bridgehead atoms. The Labute approximate surface area is 179 Å². The summed E-state index contributed by atoms with van der Waals surface area (Å²) in [6.45, 7) is 2.51. The molecule has 3 aromatic rings. The van der Waals surface area contributed by atoms with E-state index in [1.165, 1.54) is 18.3 Å². The predicted molar refractivity (Wildman–Crippen MR) is 112 cm³/mol. The SMILES string of the molecule is CCOc1ccc(Oc2cc(CNS(=O)(=O)c3c(Cl)cccc3Cl)ccn2)cc1. The summed E-state index contributed by atoms with van der Waals surface area (Å²) in [6, 6.07) is 15.0. The van der Waals surface area contributed by atoms with E-state index >= 15 is 0 Å². The minimum Gasteiger partial charge on any atom is -0.494 e. The quantitative estimate of drug-likeness (QED) is 0.516. The summed E-state index contributed by atoms with van der Waals surface area (Å²) in [5.41, 5.74) is 0.660. The van der Waals surface area contributed by atoms with Crippen molar-refractivity contribution in [2.75, 3.05) is 6.61 Å². The molecule has 0 aliphatic rings. The fourth-order valence-electron chi connectivity index (χ4n) is 2.50. The van der Waals surface area contributed by atoms with Crippen molar-refractivity contribution < 1.29 is 17.9 Å². The number of pyridine rings is 1. The Morgan fingerprint density at radius 1 is 1.00 bits per heavy atom. The second-order valence-electron chi connectivity index (χ2n) is 5.88. The standard InChI is InChI=1S/C20H18Cl2N2O4S/c1-2-27-15-6-8-16(9-7-15)28-19-12-14(10-11-23-19)13-24-29(25,26)20-17(21)4-3-5-18(20)22/h3-12,24H,2,13H2,1H3. The van der Waals surface area contributed by atoms with Crippen molar-refractivity contribution in [3.63, 3.8) is 0 Å². The van der Waals surface area contributed by atoms with E-state index in [9.17, 15) is 8.42 Å². The van der Waals surface area contributed by atoms with Gasteiger partial charge in [0.2, 0.25) is 15.9 Å². The van der Waals surface area contributed by atoms with Gasteiger partial charge in [0.15, 0.2) is 0 Å². The van der Waals surface area contributed by atoms with E-state index < -0.39 is 10.0 Å². The molecular formula is C20H18Cl2N2O4S. The Hall–Kier alpha value is -2.32. The molecule has 29 heavy (non-hydrogen) atoms. The molecule has 0 amide bonds. The van der Waals surface area contributed by atoms with Gasteiger partial charge >= 0.3 is 0 Å². The minimum atomic E-state index is -3.89. The highest BCUT2D eigenvalue weighted by molar-refractivity contribution is 7.89. The van der Waals surface area contributed by atoms with E-state index in [-0.39, 0.29) is 21.5 Å². The first kappa shape index (κ1) is 21.4. The summed E-state index contributed by atoms with van der Waals surface area (Å²) in [5, 5.41) is 0.110. The van der Waals surface area contributed by atoms with Crippen molar-refractivity contribution in [3.8, 4) is 17.4 Å². The number of aromatic nitrogens is 1. The second-order valence-corrected chi connectivity index (χ2v) is 8.40. The number of nitrogens with one attached hydrogen (secondary N) is 1. The molecule has 3 rings (SSSR count). The molecule has 0 saturated heterocycles. The van der Waals surface area contributed by atoms with Crippen molar-refractivity contribution in [1.29, 1.82) is 0 Å². The number of nitrogens with zero attached hydrogens (tertiary/aromatic N) is 1. The number of ether oxygens (including phenoxy) is 2. The molecule has 1 aromatic heterocycles. The van der Waals surface area contributed by atoms with Crippen molar-refractivity contribution >= 4 is 33.2 Å². The van der Waals surface area contributed by atoms with Crippen molar-refractivity contribution in [2.45, 2.75) is 18.4 Å². The van der Waals surface area contributed by atoms with Gasteiger partial charge in [-0.15, -0.1) is 0 Å². The van der Waals surface area contributed by atoms with E-state index in [0.29, 0.717) is 23.8 Å². The summed E-state index contributed by atoms with van der Waals surface area (Å²) >= 11 is 12.0. The minimum absolute atomic E-state index is 0.0199. The molecule has 0 radical (unpaired) electrons. The van der Waals surface area contributed by atoms with Crippen molar-refractivity contribution in [2.24, 2.45) is 0 Å². The molecule has 0 saturated carbocycles. The summed E-state index contributed by atoms with van der Waals surface area (Å²) in [6.07, 6.45) is 1.54. The van der Waals surface area contributed by atoms with Gasteiger partial charge < -0.3 is 9.47 Å². The lowest BCUT2D eigenvalue weighted by atomic mass is 10.3. The van der Waals surface area contributed by atoms with E-state index in [1.54, 1.807) is 42.5 Å². The highest BCUT2D eigenvalue weighted by Gasteiger charge is 2.21. The molecule has 1 N–H and O–H groups in total. The number of benzene rings is 2. The van der Waals surface area contributed by atoms with Gasteiger partial charge in [-0.2, -0.15) is 0 Å². The first-order chi connectivity index (χ1) is 13.9. The highest BCUT2D eigenvalue weighted by atomic mass is 35.5. The maximum absolute atomic E-state index is 12.6. The molecule has 2 aromatic carbocycles. The van der Waals surface area contributed by atoms with Crippen LogP contribution in [0.15, 0.2) is 65.7 Å². The number of hydrogen-bond acceptors (Lipinski definition) is 5. The summed E-state index contributed by atoms with van der Waals surface area (Å²) < 4.78 is 38.7. The van der Waals surface area contributed by atoms with Gasteiger partial charge in [-0.05, 0) is 55.0 Å². The zero-order valence-electron chi connectivity index (χ0n) is 15.4. The lowest BCUT2D eigenvalue weighted by molar-refractivity contribution is 0.339. The van der Waals surface area contributed by atoms with Crippen LogP contribution in [0.5, 0.6) is 17.4 Å². The van der Waals surface area contributed by atoms with Crippen LogP contribution in [0.25, 0.3) is 0 Å². The van der Waals surface area contributed by atoms with Crippen molar-refractivity contribution in [3.05, 3.63) is 76.4 Å². The number of halogens is 2. The van der Waals surface area contributed by atoms with Gasteiger partial charge in [-0.3, -0.25) is 0 Å². The number of hydrogen-bond donors (Lipinski definition) is 1. The van der Waals surface area contributed by atoms with Crippen LogP contribution in [-0.4, -0.2) is 20.0 Å². The molecular weight excluding hydrogens is 435 g/mol. The van der Waals surface area contributed by atoms with Crippen LogP contribution >= 0.6 is 23.2 Å². The van der Waals surface area contributed by atoms with Crippen LogP contribution in [0, 0.1) is 0 Å². The zero-order valence-corrected chi connectivity index (χ0v) is 17.8. The van der Waals surface area contributed by atoms with Gasteiger partial charge in [0.25, 0.3) is 0 Å². The third-order valence-electron chi connectivity index (χ3n) is 3.81. The third-order valence-corrected chi connectivity index (χ3v) is 6.17. The van der Waals surface area contributed by atoms with Gasteiger partial charge in [-0.1, -0.05) is 29.3 Å². The van der Waals surface area contributed by atoms with Crippen LogP contribution < -0.4 is 14.2 Å². The first-order valence-electron chi connectivity index (χ1n) is 8.68. The number of sulfonamides is 1. The molecule has 0 spiro atoms. The lowest BCUT2D eigenvalue weighted by Crippen LogP contribution is -2.24. The maximum atomic E-state index is 12.6. The maximum Gasteiger partial charge on any atom is 0.243 e. The van der Waals surface area contributed by atoms with E-state index in [0.717, 1.165) is 5.75 Å². The second kappa shape index (κ2) is 9.45. The first-order valence-corrected chi connectivity index (χ1v) is 10.9. The lowest BCUT2D eigenvalue weighted by Gasteiger charge is -2.11. The largest absolute Gasteiger partial charge is 0.494 e. The molecule has 0 aliphatic carbocycles. The van der Waals surface area contributed by atoms with Crippen LogP contribution in [0.2, 0.25) is 10.0 Å². The van der Waals surface area contributed by atoms with E-state index in [2.05, 4.69) is 9.71 Å². The molecule has 0 atom stereocenters. The Balaban J connectivity index is 1.70. The topological polar surface area (TPSA) is 77.5 Å². The molecule has 0 unspecified atom stereocenters.